The van der Waals surface area contributed by atoms with E-state index in [0.717, 1.165) is 5.92 Å². The van der Waals surface area contributed by atoms with Crippen LogP contribution in [0.3, 0.4) is 0 Å². The molecule has 0 radical (unpaired) electrons. The van der Waals surface area contributed by atoms with Crippen molar-refractivity contribution in [3.05, 3.63) is 34.9 Å². The molecule has 1 fully saturated rings. The minimum atomic E-state index is 0.253. The van der Waals surface area contributed by atoms with Crippen molar-refractivity contribution in [3.63, 3.8) is 0 Å². The average Bonchev–Trinajstić information content (AvgIpc) is 2.32. The van der Waals surface area contributed by atoms with Crippen LogP contribution in [0.4, 0.5) is 0 Å². The zero-order valence-electron chi connectivity index (χ0n) is 11.0. The molecule has 0 spiro atoms. The third kappa shape index (κ3) is 3.18. The summed E-state index contributed by atoms with van der Waals surface area (Å²) in [6, 6.07) is 6.55. The maximum absolute atomic E-state index is 11.2. The molecule has 0 bridgehead atoms. The molecule has 0 unspecified atom stereocenters. The molecule has 0 amide bonds. The van der Waals surface area contributed by atoms with Gasteiger partial charge in [-0.3, -0.25) is 4.79 Å². The zero-order valence-corrected chi connectivity index (χ0v) is 11.0. The summed E-state index contributed by atoms with van der Waals surface area (Å²) < 4.78 is 0. The molecule has 92 valence electrons. The van der Waals surface area contributed by atoms with Crippen LogP contribution in [0.25, 0.3) is 0 Å². The Kier molecular flexibility index (Phi) is 3.98. The van der Waals surface area contributed by atoms with Crippen molar-refractivity contribution in [1.82, 2.24) is 0 Å². The van der Waals surface area contributed by atoms with Crippen LogP contribution in [0.5, 0.6) is 0 Å². The Morgan fingerprint density at radius 3 is 2.59 bits per heavy atom. The van der Waals surface area contributed by atoms with E-state index in [1.807, 2.05) is 0 Å². The first-order chi connectivity index (χ1) is 8.16. The molecule has 0 aromatic heterocycles. The first kappa shape index (κ1) is 12.3. The summed E-state index contributed by atoms with van der Waals surface area (Å²) in [7, 11) is 0. The van der Waals surface area contributed by atoms with E-state index >= 15 is 0 Å². The Morgan fingerprint density at radius 2 is 1.94 bits per heavy atom. The fraction of sp³-hybridized carbons (Fsp3) is 0.562. The molecule has 0 heterocycles. The normalized spacial score (nSPS) is 17.1. The Balaban J connectivity index is 2.21. The Hall–Kier alpha value is -1.11. The van der Waals surface area contributed by atoms with E-state index in [4.69, 9.17) is 0 Å². The fourth-order valence-electron chi connectivity index (χ4n) is 2.94. The van der Waals surface area contributed by atoms with Crippen LogP contribution in [0.2, 0.25) is 0 Å². The molecule has 0 atom stereocenters. The molecule has 1 aromatic rings. The highest BCUT2D eigenvalue weighted by molar-refractivity contribution is 5.78. The summed E-state index contributed by atoms with van der Waals surface area (Å²) in [6.07, 6.45) is 7.35. The van der Waals surface area contributed by atoms with Gasteiger partial charge in [-0.25, -0.2) is 0 Å². The predicted octanol–water partition coefficient (Wildman–Crippen LogP) is 4.17. The van der Waals surface area contributed by atoms with Crippen LogP contribution in [0.15, 0.2) is 18.2 Å². The number of Topliss-reactive ketones (excluding diaryl/α,β-unsaturated/α-hetero) is 1. The SMILES string of the molecule is CC(=O)Cc1ccc(C)c(C2CCCCC2)c1. The first-order valence-corrected chi connectivity index (χ1v) is 6.75. The average molecular weight is 230 g/mol. The van der Waals surface area contributed by atoms with Crippen molar-refractivity contribution in [3.8, 4) is 0 Å². The second kappa shape index (κ2) is 5.48. The topological polar surface area (TPSA) is 17.1 Å². The molecule has 1 nitrogen and oxygen atoms in total. The van der Waals surface area contributed by atoms with Gasteiger partial charge in [-0.15, -0.1) is 0 Å². The predicted molar refractivity (Wildman–Crippen MR) is 71.4 cm³/mol. The summed E-state index contributed by atoms with van der Waals surface area (Å²) in [5.74, 6) is 0.985. The molecular weight excluding hydrogens is 208 g/mol. The fourth-order valence-corrected chi connectivity index (χ4v) is 2.94. The van der Waals surface area contributed by atoms with E-state index in [1.165, 1.54) is 48.8 Å². The summed E-state index contributed by atoms with van der Waals surface area (Å²) in [5.41, 5.74) is 4.07. The molecule has 0 aliphatic heterocycles. The zero-order chi connectivity index (χ0) is 12.3. The van der Waals surface area contributed by atoms with Gasteiger partial charge in [-0.1, -0.05) is 37.5 Å². The number of aryl methyl sites for hydroxylation is 1. The molecule has 2 rings (SSSR count). The lowest BCUT2D eigenvalue weighted by atomic mass is 9.81. The number of ketones is 1. The van der Waals surface area contributed by atoms with Crippen molar-refractivity contribution in [2.45, 2.75) is 58.3 Å². The summed E-state index contributed by atoms with van der Waals surface area (Å²) >= 11 is 0. The van der Waals surface area contributed by atoms with E-state index in [-0.39, 0.29) is 5.78 Å². The number of benzene rings is 1. The molecule has 17 heavy (non-hydrogen) atoms. The first-order valence-electron chi connectivity index (χ1n) is 6.75. The molecule has 1 aromatic carbocycles. The van der Waals surface area contributed by atoms with E-state index in [2.05, 4.69) is 25.1 Å². The molecule has 1 heteroatoms. The number of carbonyl (C=O) groups excluding carboxylic acids is 1. The van der Waals surface area contributed by atoms with Crippen molar-refractivity contribution in [2.24, 2.45) is 0 Å². The van der Waals surface area contributed by atoms with E-state index in [0.29, 0.717) is 6.42 Å². The molecule has 0 saturated heterocycles. The van der Waals surface area contributed by atoms with Crippen LogP contribution in [-0.4, -0.2) is 5.78 Å². The smallest absolute Gasteiger partial charge is 0.134 e. The van der Waals surface area contributed by atoms with Crippen molar-refractivity contribution >= 4 is 5.78 Å². The van der Waals surface area contributed by atoms with E-state index in [9.17, 15) is 4.79 Å². The number of rotatable bonds is 3. The van der Waals surface area contributed by atoms with E-state index in [1.54, 1.807) is 6.92 Å². The minimum absolute atomic E-state index is 0.253. The van der Waals surface area contributed by atoms with Gasteiger partial charge >= 0.3 is 0 Å². The van der Waals surface area contributed by atoms with Gasteiger partial charge in [-0.05, 0) is 49.3 Å². The van der Waals surface area contributed by atoms with Gasteiger partial charge in [0.2, 0.25) is 0 Å². The Bertz CT molecular complexity index is 400. The number of carbonyl (C=O) groups is 1. The number of hydrogen-bond acceptors (Lipinski definition) is 1. The van der Waals surface area contributed by atoms with Gasteiger partial charge in [-0.2, -0.15) is 0 Å². The molecule has 1 saturated carbocycles. The second-order valence-corrected chi connectivity index (χ2v) is 5.40. The maximum Gasteiger partial charge on any atom is 0.134 e. The molecule has 1 aliphatic rings. The number of hydrogen-bond donors (Lipinski definition) is 0. The molecule has 1 aliphatic carbocycles. The van der Waals surface area contributed by atoms with Gasteiger partial charge in [0.15, 0.2) is 0 Å². The molecule has 0 N–H and O–H groups in total. The van der Waals surface area contributed by atoms with Crippen LogP contribution in [0.1, 0.15) is 61.6 Å². The lowest BCUT2D eigenvalue weighted by Gasteiger charge is -2.24. The lowest BCUT2D eigenvalue weighted by molar-refractivity contribution is -0.116. The quantitative estimate of drug-likeness (QED) is 0.761. The summed E-state index contributed by atoms with van der Waals surface area (Å²) in [6.45, 7) is 3.86. The monoisotopic (exact) mass is 230 g/mol. The van der Waals surface area contributed by atoms with Gasteiger partial charge < -0.3 is 0 Å². The minimum Gasteiger partial charge on any atom is -0.300 e. The van der Waals surface area contributed by atoms with Crippen molar-refractivity contribution in [2.75, 3.05) is 0 Å². The summed E-state index contributed by atoms with van der Waals surface area (Å²) in [4.78, 5) is 11.2. The van der Waals surface area contributed by atoms with Crippen LogP contribution in [-0.2, 0) is 11.2 Å². The highest BCUT2D eigenvalue weighted by Gasteiger charge is 2.17. The highest BCUT2D eigenvalue weighted by Crippen LogP contribution is 2.34. The maximum atomic E-state index is 11.2. The second-order valence-electron chi connectivity index (χ2n) is 5.40. The summed E-state index contributed by atoms with van der Waals surface area (Å²) in [5, 5.41) is 0. The van der Waals surface area contributed by atoms with Gasteiger partial charge in [0, 0.05) is 6.42 Å². The highest BCUT2D eigenvalue weighted by atomic mass is 16.1. The van der Waals surface area contributed by atoms with Gasteiger partial charge in [0.05, 0.1) is 0 Å². The largest absolute Gasteiger partial charge is 0.300 e. The van der Waals surface area contributed by atoms with Gasteiger partial charge in [0.1, 0.15) is 5.78 Å². The molecular formula is C16H22O. The van der Waals surface area contributed by atoms with Crippen LogP contribution in [0, 0.1) is 6.92 Å². The lowest BCUT2D eigenvalue weighted by Crippen LogP contribution is -2.07. The Labute approximate surface area is 104 Å². The van der Waals surface area contributed by atoms with Crippen molar-refractivity contribution in [1.29, 1.82) is 0 Å². The standard InChI is InChI=1S/C16H22O/c1-12-8-9-14(10-13(2)17)11-16(12)15-6-4-3-5-7-15/h8-9,11,15H,3-7,10H2,1-2H3. The van der Waals surface area contributed by atoms with E-state index < -0.39 is 0 Å². The Morgan fingerprint density at radius 1 is 1.24 bits per heavy atom. The van der Waals surface area contributed by atoms with Crippen LogP contribution >= 0.6 is 0 Å². The third-order valence-corrected chi connectivity index (χ3v) is 3.84. The van der Waals surface area contributed by atoms with Crippen LogP contribution < -0.4 is 0 Å². The third-order valence-electron chi connectivity index (χ3n) is 3.84. The van der Waals surface area contributed by atoms with Gasteiger partial charge in [0.25, 0.3) is 0 Å². The van der Waals surface area contributed by atoms with Crippen molar-refractivity contribution < 1.29 is 4.79 Å².